The van der Waals surface area contributed by atoms with Crippen LogP contribution in [0.1, 0.15) is 0 Å². The lowest BCUT2D eigenvalue weighted by molar-refractivity contribution is 0.656. The normalized spacial score (nSPS) is 12.3. The highest BCUT2D eigenvalue weighted by atomic mass is 35.5. The minimum absolute atomic E-state index is 0.0406. The molecule has 0 radical (unpaired) electrons. The molecule has 2 rings (SSSR count). The highest BCUT2D eigenvalue weighted by molar-refractivity contribution is 7.84. The van der Waals surface area contributed by atoms with Crippen LogP contribution >= 0.6 is 23.2 Å². The van der Waals surface area contributed by atoms with Gasteiger partial charge in [0.05, 0.1) is 5.56 Å². The number of benzene rings is 1. The molecule has 0 saturated heterocycles. The Kier molecular flexibility index (Phi) is 5.03. The van der Waals surface area contributed by atoms with Gasteiger partial charge in [0.2, 0.25) is 0 Å². The van der Waals surface area contributed by atoms with E-state index in [1.807, 2.05) is 0 Å². The monoisotopic (exact) mass is 346 g/mol. The predicted molar refractivity (Wildman–Crippen MR) is 85.7 cm³/mol. The Bertz CT molecular complexity index is 814. The highest BCUT2D eigenvalue weighted by Crippen LogP contribution is 2.24. The Morgan fingerprint density at radius 3 is 2.62 bits per heavy atom. The summed E-state index contributed by atoms with van der Waals surface area (Å²) in [6, 6.07) is 6.62. The van der Waals surface area contributed by atoms with Crippen LogP contribution in [0.2, 0.25) is 10.2 Å². The molecule has 0 aliphatic heterocycles. The van der Waals surface area contributed by atoms with Crippen LogP contribution in [0, 0.1) is 0 Å². The summed E-state index contributed by atoms with van der Waals surface area (Å²) in [5.74, 6) is 0.208. The second kappa shape index (κ2) is 6.60. The summed E-state index contributed by atoms with van der Waals surface area (Å²) in [6.45, 7) is 0.0576. The second-order valence-corrected chi connectivity index (χ2v) is 6.73. The van der Waals surface area contributed by atoms with E-state index >= 15 is 0 Å². The Morgan fingerprint density at radius 2 is 2.00 bits per heavy atom. The van der Waals surface area contributed by atoms with Crippen LogP contribution in [0.4, 0.5) is 0 Å². The first-order valence-corrected chi connectivity index (χ1v) is 8.47. The third-order valence-electron chi connectivity index (χ3n) is 2.86. The topological polar surface area (TPSA) is 71.9 Å². The van der Waals surface area contributed by atoms with E-state index in [1.54, 1.807) is 24.3 Å². The summed E-state index contributed by atoms with van der Waals surface area (Å²) >= 11 is 11.9. The van der Waals surface area contributed by atoms with E-state index in [0.717, 1.165) is 4.57 Å². The maximum atomic E-state index is 12.5. The van der Waals surface area contributed by atoms with E-state index in [9.17, 15) is 13.8 Å². The molecule has 1 N–H and O–H groups in total. The third-order valence-corrected chi connectivity index (χ3v) is 4.13. The van der Waals surface area contributed by atoms with Crippen molar-refractivity contribution >= 4 is 34.0 Å². The Hall–Kier alpha value is -1.37. The van der Waals surface area contributed by atoms with Gasteiger partial charge in [0, 0.05) is 34.4 Å². The molecule has 2 aromatic rings. The third kappa shape index (κ3) is 3.64. The first-order valence-electron chi connectivity index (χ1n) is 5.98. The lowest BCUT2D eigenvalue weighted by atomic mass is 10.1. The van der Waals surface area contributed by atoms with E-state index in [4.69, 9.17) is 23.2 Å². The van der Waals surface area contributed by atoms with Crippen LogP contribution < -0.4 is 11.2 Å². The smallest absolute Gasteiger partial charge is 0.297 e. The van der Waals surface area contributed by atoms with Gasteiger partial charge in [0.1, 0.15) is 5.15 Å². The number of nitrogens with zero attached hydrogens (tertiary/aromatic N) is 1. The highest BCUT2D eigenvalue weighted by Gasteiger charge is 2.15. The molecule has 0 aliphatic carbocycles. The zero-order chi connectivity index (χ0) is 15.6. The van der Waals surface area contributed by atoms with Gasteiger partial charge in [0.15, 0.2) is 0 Å². The van der Waals surface area contributed by atoms with E-state index in [0.29, 0.717) is 10.6 Å². The molecule has 0 saturated carbocycles. The van der Waals surface area contributed by atoms with Gasteiger partial charge in [-0.3, -0.25) is 18.6 Å². The molecule has 1 heterocycles. The fourth-order valence-electron chi connectivity index (χ4n) is 1.86. The van der Waals surface area contributed by atoms with Gasteiger partial charge in [-0.1, -0.05) is 35.3 Å². The Morgan fingerprint density at radius 1 is 1.29 bits per heavy atom. The zero-order valence-electron chi connectivity index (χ0n) is 11.1. The molecule has 0 aliphatic rings. The number of aromatic nitrogens is 2. The minimum Gasteiger partial charge on any atom is -0.297 e. The lowest BCUT2D eigenvalue weighted by Crippen LogP contribution is -2.37. The van der Waals surface area contributed by atoms with Gasteiger partial charge < -0.3 is 0 Å². The number of H-pyrrole nitrogens is 1. The van der Waals surface area contributed by atoms with Crippen molar-refractivity contribution in [2.45, 2.75) is 6.54 Å². The van der Waals surface area contributed by atoms with Crippen molar-refractivity contribution in [1.82, 2.24) is 9.55 Å². The lowest BCUT2D eigenvalue weighted by Gasteiger charge is -2.09. The van der Waals surface area contributed by atoms with E-state index < -0.39 is 22.0 Å². The molecule has 1 atom stereocenters. The molecule has 8 heteroatoms. The maximum absolute atomic E-state index is 12.5. The predicted octanol–water partition coefficient (Wildman–Crippen LogP) is 1.89. The van der Waals surface area contributed by atoms with Crippen molar-refractivity contribution in [2.75, 3.05) is 12.0 Å². The fraction of sp³-hybridized carbons (Fsp3) is 0.231. The largest absolute Gasteiger partial charge is 0.329 e. The van der Waals surface area contributed by atoms with Crippen molar-refractivity contribution < 1.29 is 4.21 Å². The van der Waals surface area contributed by atoms with Gasteiger partial charge in [-0.2, -0.15) is 0 Å². The molecule has 112 valence electrons. The van der Waals surface area contributed by atoms with Gasteiger partial charge in [-0.15, -0.1) is 0 Å². The SMILES string of the molecule is CS(=O)CCn1c(=O)[nH]c(Cl)c(-c2cccc(Cl)c2)c1=O. The molecular formula is C13H12Cl2N2O3S. The van der Waals surface area contributed by atoms with Crippen LogP contribution in [-0.2, 0) is 17.3 Å². The number of hydrogen-bond acceptors (Lipinski definition) is 3. The van der Waals surface area contributed by atoms with E-state index in [1.165, 1.54) is 6.26 Å². The quantitative estimate of drug-likeness (QED) is 0.859. The first-order chi connectivity index (χ1) is 9.90. The van der Waals surface area contributed by atoms with Crippen molar-refractivity contribution in [3.8, 4) is 11.1 Å². The van der Waals surface area contributed by atoms with Gasteiger partial charge in [-0.05, 0) is 17.7 Å². The van der Waals surface area contributed by atoms with Crippen LogP contribution in [0.25, 0.3) is 11.1 Å². The average molecular weight is 347 g/mol. The zero-order valence-corrected chi connectivity index (χ0v) is 13.4. The van der Waals surface area contributed by atoms with Gasteiger partial charge in [-0.25, -0.2) is 4.79 Å². The number of rotatable bonds is 4. The second-order valence-electron chi connectivity index (χ2n) is 4.36. The Labute approximate surface area is 133 Å². The summed E-state index contributed by atoms with van der Waals surface area (Å²) < 4.78 is 12.1. The van der Waals surface area contributed by atoms with Crippen molar-refractivity contribution in [1.29, 1.82) is 0 Å². The minimum atomic E-state index is -1.11. The van der Waals surface area contributed by atoms with E-state index in [2.05, 4.69) is 4.98 Å². The fourth-order valence-corrected chi connectivity index (χ4v) is 2.76. The number of hydrogen-bond donors (Lipinski definition) is 1. The van der Waals surface area contributed by atoms with Gasteiger partial charge >= 0.3 is 5.69 Å². The van der Waals surface area contributed by atoms with Crippen LogP contribution in [0.5, 0.6) is 0 Å². The van der Waals surface area contributed by atoms with Crippen LogP contribution in [0.15, 0.2) is 33.9 Å². The molecule has 1 aromatic heterocycles. The maximum Gasteiger partial charge on any atom is 0.329 e. The molecule has 21 heavy (non-hydrogen) atoms. The molecule has 0 amide bonds. The molecule has 5 nitrogen and oxygen atoms in total. The standard InChI is InChI=1S/C13H12Cl2N2O3S/c1-21(20)6-5-17-12(18)10(11(15)16-13(17)19)8-3-2-4-9(14)7-8/h2-4,7H,5-6H2,1H3,(H,16,19). The number of nitrogens with one attached hydrogen (secondary N) is 1. The molecule has 0 fully saturated rings. The van der Waals surface area contributed by atoms with E-state index in [-0.39, 0.29) is 23.0 Å². The van der Waals surface area contributed by atoms with Crippen molar-refractivity contribution in [2.24, 2.45) is 0 Å². The summed E-state index contributed by atoms with van der Waals surface area (Å²) in [5, 5.41) is 0.413. The summed E-state index contributed by atoms with van der Waals surface area (Å²) in [7, 11) is -1.11. The molecular weight excluding hydrogens is 335 g/mol. The summed E-state index contributed by atoms with van der Waals surface area (Å²) in [6.07, 6.45) is 1.51. The first kappa shape index (κ1) is 16.0. The van der Waals surface area contributed by atoms with Crippen LogP contribution in [0.3, 0.4) is 0 Å². The summed E-state index contributed by atoms with van der Waals surface area (Å²) in [5.41, 5.74) is -0.474. The van der Waals surface area contributed by atoms with Crippen molar-refractivity contribution in [3.05, 3.63) is 55.3 Å². The summed E-state index contributed by atoms with van der Waals surface area (Å²) in [4.78, 5) is 26.7. The Balaban J connectivity index is 2.62. The van der Waals surface area contributed by atoms with Crippen LogP contribution in [-0.4, -0.2) is 25.8 Å². The molecule has 0 bridgehead atoms. The molecule has 0 spiro atoms. The average Bonchev–Trinajstić information content (AvgIpc) is 2.37. The van der Waals surface area contributed by atoms with Crippen molar-refractivity contribution in [3.63, 3.8) is 0 Å². The number of aromatic amines is 1. The van der Waals surface area contributed by atoms with Gasteiger partial charge in [0.25, 0.3) is 5.56 Å². The number of halogens is 2. The molecule has 1 unspecified atom stereocenters. The molecule has 1 aromatic carbocycles.